The Hall–Kier alpha value is -2.23. The van der Waals surface area contributed by atoms with Crippen LogP contribution in [-0.4, -0.2) is 21.0 Å². The lowest BCUT2D eigenvalue weighted by molar-refractivity contribution is -0.136. The van der Waals surface area contributed by atoms with Crippen LogP contribution in [0.4, 0.5) is 0 Å². The second kappa shape index (κ2) is 4.80. The van der Waals surface area contributed by atoms with E-state index < -0.39 is 5.97 Å². The van der Waals surface area contributed by atoms with Gasteiger partial charge in [0.2, 0.25) is 0 Å². The second-order valence-electron chi connectivity index (χ2n) is 4.80. The predicted octanol–water partition coefficient (Wildman–Crippen LogP) is 2.26. The molecule has 1 aliphatic rings. The number of hydrogen-bond donors (Lipinski definition) is 1. The number of carboxylic acid groups (broad SMARTS) is 1. The van der Waals surface area contributed by atoms with Crippen molar-refractivity contribution in [1.29, 1.82) is 0 Å². The molecule has 3 rings (SSSR count). The van der Waals surface area contributed by atoms with Gasteiger partial charge in [-0.1, -0.05) is 12.1 Å². The molecule has 1 aromatic carbocycles. The molecule has 4 nitrogen and oxygen atoms in total. The van der Waals surface area contributed by atoms with Gasteiger partial charge in [-0.05, 0) is 36.5 Å². The topological polar surface area (TPSA) is 63.1 Å². The minimum absolute atomic E-state index is 0.0858. The molecule has 0 fully saturated rings. The molecule has 19 heavy (non-hydrogen) atoms. The molecule has 4 heteroatoms. The van der Waals surface area contributed by atoms with Gasteiger partial charge >= 0.3 is 5.97 Å². The first-order valence-electron chi connectivity index (χ1n) is 6.37. The zero-order valence-electron chi connectivity index (χ0n) is 10.5. The lowest BCUT2D eigenvalue weighted by Gasteiger charge is -2.05. The summed E-state index contributed by atoms with van der Waals surface area (Å²) in [6.07, 6.45) is 6.62. The lowest BCUT2D eigenvalue weighted by atomic mass is 10.0. The van der Waals surface area contributed by atoms with Gasteiger partial charge in [0.05, 0.1) is 24.0 Å². The normalized spacial score (nSPS) is 13.3. The largest absolute Gasteiger partial charge is 0.481 e. The van der Waals surface area contributed by atoms with Crippen LogP contribution in [0, 0.1) is 0 Å². The van der Waals surface area contributed by atoms with Gasteiger partial charge in [-0.25, -0.2) is 0 Å². The molecule has 1 aliphatic carbocycles. The van der Waals surface area contributed by atoms with Crippen LogP contribution >= 0.6 is 0 Å². The van der Waals surface area contributed by atoms with E-state index in [0.717, 1.165) is 17.7 Å². The highest BCUT2D eigenvalue weighted by molar-refractivity contribution is 5.69. The van der Waals surface area contributed by atoms with Crippen molar-refractivity contribution in [3.8, 4) is 11.3 Å². The number of rotatable bonds is 3. The summed E-state index contributed by atoms with van der Waals surface area (Å²) >= 11 is 0. The van der Waals surface area contributed by atoms with Crippen LogP contribution in [0.5, 0.6) is 0 Å². The average Bonchev–Trinajstić information content (AvgIpc) is 2.86. The summed E-state index contributed by atoms with van der Waals surface area (Å²) in [4.78, 5) is 19.0. The van der Waals surface area contributed by atoms with Gasteiger partial charge in [0.25, 0.3) is 0 Å². The molecule has 1 heterocycles. The van der Waals surface area contributed by atoms with Gasteiger partial charge in [-0.2, -0.15) is 0 Å². The molecule has 96 valence electrons. The number of carbonyl (C=O) groups is 1. The average molecular weight is 254 g/mol. The van der Waals surface area contributed by atoms with E-state index in [-0.39, 0.29) is 6.42 Å². The Balaban J connectivity index is 1.88. The molecule has 0 bridgehead atoms. The van der Waals surface area contributed by atoms with Crippen molar-refractivity contribution in [1.82, 2.24) is 9.97 Å². The first-order valence-corrected chi connectivity index (χ1v) is 6.37. The van der Waals surface area contributed by atoms with Crippen LogP contribution in [-0.2, 0) is 24.1 Å². The molecular formula is C15H14N2O2. The second-order valence-corrected chi connectivity index (χ2v) is 4.80. The van der Waals surface area contributed by atoms with Crippen LogP contribution in [0.25, 0.3) is 11.3 Å². The Labute approximate surface area is 111 Å². The molecule has 0 saturated heterocycles. The SMILES string of the molecule is O=C(O)Cc1cnc(-c2ccc3c(c2)CCC3)cn1. The molecule has 2 aromatic rings. The van der Waals surface area contributed by atoms with Crippen LogP contribution in [0.2, 0.25) is 0 Å². The van der Waals surface area contributed by atoms with E-state index in [4.69, 9.17) is 5.11 Å². The van der Waals surface area contributed by atoms with Crippen molar-refractivity contribution < 1.29 is 9.90 Å². The Bertz CT molecular complexity index is 621. The molecule has 0 spiro atoms. The molecule has 0 radical (unpaired) electrons. The molecule has 1 N–H and O–H groups in total. The number of aliphatic carboxylic acids is 1. The summed E-state index contributed by atoms with van der Waals surface area (Å²) in [5.74, 6) is -0.889. The quantitative estimate of drug-likeness (QED) is 0.912. The summed E-state index contributed by atoms with van der Waals surface area (Å²) in [6.45, 7) is 0. The number of hydrogen-bond acceptors (Lipinski definition) is 3. The third-order valence-corrected chi connectivity index (χ3v) is 3.43. The van der Waals surface area contributed by atoms with Crippen LogP contribution in [0.15, 0.2) is 30.6 Å². The molecule has 1 aromatic heterocycles. The van der Waals surface area contributed by atoms with Crippen molar-refractivity contribution in [2.75, 3.05) is 0 Å². The number of benzene rings is 1. The Kier molecular flexibility index (Phi) is 2.99. The predicted molar refractivity (Wildman–Crippen MR) is 70.8 cm³/mol. The van der Waals surface area contributed by atoms with E-state index in [9.17, 15) is 4.79 Å². The summed E-state index contributed by atoms with van der Waals surface area (Å²) in [5, 5.41) is 8.69. The third-order valence-electron chi connectivity index (χ3n) is 3.43. The number of nitrogens with zero attached hydrogens (tertiary/aromatic N) is 2. The van der Waals surface area contributed by atoms with Crippen molar-refractivity contribution in [2.24, 2.45) is 0 Å². The number of carboxylic acids is 1. The van der Waals surface area contributed by atoms with Gasteiger partial charge in [0.15, 0.2) is 0 Å². The highest BCUT2D eigenvalue weighted by Crippen LogP contribution is 2.26. The first-order chi connectivity index (χ1) is 9.22. The Morgan fingerprint density at radius 3 is 2.74 bits per heavy atom. The zero-order valence-corrected chi connectivity index (χ0v) is 10.5. The maximum Gasteiger partial charge on any atom is 0.309 e. The van der Waals surface area contributed by atoms with Gasteiger partial charge < -0.3 is 5.11 Å². The first kappa shape index (κ1) is 11.8. The monoisotopic (exact) mass is 254 g/mol. The molecule has 0 aliphatic heterocycles. The third kappa shape index (κ3) is 2.47. The van der Waals surface area contributed by atoms with E-state index in [1.165, 1.54) is 30.2 Å². The summed E-state index contributed by atoms with van der Waals surface area (Å²) < 4.78 is 0. The van der Waals surface area contributed by atoms with Crippen molar-refractivity contribution in [3.63, 3.8) is 0 Å². The minimum atomic E-state index is -0.889. The maximum atomic E-state index is 10.6. The van der Waals surface area contributed by atoms with Crippen molar-refractivity contribution in [2.45, 2.75) is 25.7 Å². The van der Waals surface area contributed by atoms with Gasteiger partial charge in [-0.3, -0.25) is 14.8 Å². The molecule has 0 unspecified atom stereocenters. The fourth-order valence-corrected chi connectivity index (χ4v) is 2.48. The zero-order chi connectivity index (χ0) is 13.2. The van der Waals surface area contributed by atoms with Gasteiger partial charge in [0.1, 0.15) is 0 Å². The summed E-state index contributed by atoms with van der Waals surface area (Å²) in [6, 6.07) is 6.39. The standard InChI is InChI=1S/C15H14N2O2/c18-15(19)7-13-8-17-14(9-16-13)12-5-4-10-2-1-3-11(10)6-12/h4-6,8-9H,1-3,7H2,(H,18,19). The summed E-state index contributed by atoms with van der Waals surface area (Å²) in [5.41, 5.74) is 5.16. The fourth-order valence-electron chi connectivity index (χ4n) is 2.48. The van der Waals surface area contributed by atoms with Crippen LogP contribution in [0.3, 0.4) is 0 Å². The van der Waals surface area contributed by atoms with E-state index in [1.54, 1.807) is 6.20 Å². The van der Waals surface area contributed by atoms with Crippen molar-refractivity contribution in [3.05, 3.63) is 47.4 Å². The van der Waals surface area contributed by atoms with Crippen LogP contribution in [0.1, 0.15) is 23.2 Å². The number of aromatic nitrogens is 2. The molecular weight excluding hydrogens is 240 g/mol. The van der Waals surface area contributed by atoms with Gasteiger partial charge in [0, 0.05) is 11.8 Å². The smallest absolute Gasteiger partial charge is 0.309 e. The van der Waals surface area contributed by atoms with Crippen molar-refractivity contribution >= 4 is 5.97 Å². The lowest BCUT2D eigenvalue weighted by Crippen LogP contribution is -2.03. The number of aryl methyl sites for hydroxylation is 2. The molecule has 0 atom stereocenters. The van der Waals surface area contributed by atoms with Gasteiger partial charge in [-0.15, -0.1) is 0 Å². The van der Waals surface area contributed by atoms with E-state index in [1.807, 2.05) is 0 Å². The van der Waals surface area contributed by atoms with Crippen LogP contribution < -0.4 is 0 Å². The Morgan fingerprint density at radius 1 is 1.16 bits per heavy atom. The fraction of sp³-hybridized carbons (Fsp3) is 0.267. The highest BCUT2D eigenvalue weighted by atomic mass is 16.4. The summed E-state index contributed by atoms with van der Waals surface area (Å²) in [7, 11) is 0. The maximum absolute atomic E-state index is 10.6. The van der Waals surface area contributed by atoms with E-state index in [0.29, 0.717) is 5.69 Å². The highest BCUT2D eigenvalue weighted by Gasteiger charge is 2.12. The number of fused-ring (bicyclic) bond motifs is 1. The molecule has 0 amide bonds. The molecule has 0 saturated carbocycles. The Morgan fingerprint density at radius 2 is 2.00 bits per heavy atom. The minimum Gasteiger partial charge on any atom is -0.481 e. The van der Waals surface area contributed by atoms with E-state index in [2.05, 4.69) is 28.2 Å². The van der Waals surface area contributed by atoms with E-state index >= 15 is 0 Å².